The Morgan fingerprint density at radius 1 is 1.37 bits per heavy atom. The van der Waals surface area contributed by atoms with Crippen LogP contribution in [0.2, 0.25) is 0 Å². The van der Waals surface area contributed by atoms with E-state index in [4.69, 9.17) is 0 Å². The summed E-state index contributed by atoms with van der Waals surface area (Å²) in [4.78, 5) is 25.2. The van der Waals surface area contributed by atoms with Crippen LogP contribution in [0.5, 0.6) is 0 Å². The van der Waals surface area contributed by atoms with Crippen molar-refractivity contribution in [3.63, 3.8) is 0 Å². The molecule has 0 aliphatic carbocycles. The summed E-state index contributed by atoms with van der Waals surface area (Å²) in [5.74, 6) is 0.0216. The topological polar surface area (TPSA) is 81.7 Å². The summed E-state index contributed by atoms with van der Waals surface area (Å²) in [7, 11) is 0. The number of carbonyl (C=O) groups excluding carboxylic acids is 2. The molecule has 0 aromatic heterocycles. The van der Waals surface area contributed by atoms with Crippen molar-refractivity contribution in [1.82, 2.24) is 15.5 Å². The van der Waals surface area contributed by atoms with Crippen LogP contribution >= 0.6 is 0 Å². The number of rotatable bonds is 4. The molecule has 0 spiro atoms. The minimum Gasteiger partial charge on any atom is -0.391 e. The Morgan fingerprint density at radius 3 is 2.95 bits per heavy atom. The van der Waals surface area contributed by atoms with Crippen molar-refractivity contribution in [3.8, 4) is 0 Å². The number of amides is 2. The maximum absolute atomic E-state index is 11.8. The lowest BCUT2D eigenvalue weighted by molar-refractivity contribution is -0.135. The quantitative estimate of drug-likeness (QED) is 0.617. The van der Waals surface area contributed by atoms with Crippen LogP contribution in [0.25, 0.3) is 0 Å². The van der Waals surface area contributed by atoms with Crippen LogP contribution in [-0.2, 0) is 9.59 Å². The van der Waals surface area contributed by atoms with E-state index in [1.54, 1.807) is 4.90 Å². The summed E-state index contributed by atoms with van der Waals surface area (Å²) in [5, 5.41) is 15.5. The first-order chi connectivity index (χ1) is 9.16. The average Bonchev–Trinajstić information content (AvgIpc) is 2.69. The molecule has 6 heteroatoms. The van der Waals surface area contributed by atoms with E-state index in [-0.39, 0.29) is 30.4 Å². The monoisotopic (exact) mass is 269 g/mol. The van der Waals surface area contributed by atoms with Gasteiger partial charge in [0, 0.05) is 38.5 Å². The van der Waals surface area contributed by atoms with Gasteiger partial charge in [0.05, 0.1) is 12.6 Å². The lowest BCUT2D eigenvalue weighted by Gasteiger charge is -2.21. The van der Waals surface area contributed by atoms with Crippen molar-refractivity contribution in [2.75, 3.05) is 32.7 Å². The van der Waals surface area contributed by atoms with Gasteiger partial charge < -0.3 is 20.6 Å². The van der Waals surface area contributed by atoms with Crippen molar-refractivity contribution in [1.29, 1.82) is 0 Å². The van der Waals surface area contributed by atoms with Crippen molar-refractivity contribution in [2.24, 2.45) is 5.92 Å². The summed E-state index contributed by atoms with van der Waals surface area (Å²) in [6.45, 7) is 2.61. The molecule has 2 fully saturated rings. The average molecular weight is 269 g/mol. The molecule has 3 N–H and O–H groups in total. The van der Waals surface area contributed by atoms with E-state index in [1.807, 2.05) is 0 Å². The number of likely N-dealkylation sites (tertiary alicyclic amines) is 1. The van der Waals surface area contributed by atoms with E-state index in [2.05, 4.69) is 10.6 Å². The SMILES string of the molecule is O=C(CN1CCCCCC1=O)NCC1CNCC1O. The Bertz CT molecular complexity index is 335. The van der Waals surface area contributed by atoms with Gasteiger partial charge >= 0.3 is 0 Å². The first-order valence-corrected chi connectivity index (χ1v) is 7.10. The zero-order valence-electron chi connectivity index (χ0n) is 11.2. The van der Waals surface area contributed by atoms with Crippen LogP contribution in [0.3, 0.4) is 0 Å². The van der Waals surface area contributed by atoms with Gasteiger partial charge in [0.15, 0.2) is 0 Å². The molecule has 2 aliphatic heterocycles. The fourth-order valence-electron chi connectivity index (χ4n) is 2.61. The molecular weight excluding hydrogens is 246 g/mol. The molecule has 2 saturated heterocycles. The summed E-state index contributed by atoms with van der Waals surface area (Å²) in [6, 6.07) is 0. The van der Waals surface area contributed by atoms with Crippen LogP contribution in [-0.4, -0.2) is 60.6 Å². The second-order valence-electron chi connectivity index (χ2n) is 5.42. The largest absolute Gasteiger partial charge is 0.391 e. The second kappa shape index (κ2) is 6.86. The number of hydrogen-bond acceptors (Lipinski definition) is 4. The van der Waals surface area contributed by atoms with Crippen LogP contribution in [0.15, 0.2) is 0 Å². The zero-order chi connectivity index (χ0) is 13.7. The first kappa shape index (κ1) is 14.3. The highest BCUT2D eigenvalue weighted by Crippen LogP contribution is 2.11. The van der Waals surface area contributed by atoms with E-state index < -0.39 is 0 Å². The molecule has 2 atom stereocenters. The molecule has 0 saturated carbocycles. The lowest BCUT2D eigenvalue weighted by Crippen LogP contribution is -2.43. The number of β-amino-alcohol motifs (C(OH)–C–C–N with tert-alkyl or cyclic N) is 1. The highest BCUT2D eigenvalue weighted by Gasteiger charge is 2.25. The second-order valence-corrected chi connectivity index (χ2v) is 5.42. The Hall–Kier alpha value is -1.14. The van der Waals surface area contributed by atoms with Crippen molar-refractivity contribution in [3.05, 3.63) is 0 Å². The maximum atomic E-state index is 11.8. The molecule has 0 aromatic rings. The highest BCUT2D eigenvalue weighted by atomic mass is 16.3. The van der Waals surface area contributed by atoms with Gasteiger partial charge in [-0.25, -0.2) is 0 Å². The summed E-state index contributed by atoms with van der Waals surface area (Å²) in [5.41, 5.74) is 0. The molecule has 19 heavy (non-hydrogen) atoms. The van der Waals surface area contributed by atoms with Gasteiger partial charge in [-0.3, -0.25) is 9.59 Å². The Kier molecular flexibility index (Phi) is 5.15. The normalized spacial score (nSPS) is 28.3. The first-order valence-electron chi connectivity index (χ1n) is 7.10. The minimum absolute atomic E-state index is 0.0729. The van der Waals surface area contributed by atoms with Crippen LogP contribution in [0.1, 0.15) is 25.7 Å². The van der Waals surface area contributed by atoms with Gasteiger partial charge in [0.25, 0.3) is 0 Å². The van der Waals surface area contributed by atoms with Crippen molar-refractivity contribution < 1.29 is 14.7 Å². The molecule has 0 radical (unpaired) electrons. The van der Waals surface area contributed by atoms with E-state index in [9.17, 15) is 14.7 Å². The summed E-state index contributed by atoms with van der Waals surface area (Å²) >= 11 is 0. The van der Waals surface area contributed by atoms with E-state index in [1.165, 1.54) is 0 Å². The number of aliphatic hydroxyl groups is 1. The van der Waals surface area contributed by atoms with Gasteiger partial charge in [-0.15, -0.1) is 0 Å². The standard InChI is InChI=1S/C13H23N3O3/c17-11-8-14-6-10(11)7-15-12(18)9-16-5-3-1-2-4-13(16)19/h10-11,14,17H,1-9H2,(H,15,18). The Morgan fingerprint density at radius 2 is 2.21 bits per heavy atom. The number of aliphatic hydroxyl groups excluding tert-OH is 1. The number of carbonyl (C=O) groups is 2. The molecule has 2 aliphatic rings. The fraction of sp³-hybridized carbons (Fsp3) is 0.846. The van der Waals surface area contributed by atoms with Gasteiger partial charge in [0.2, 0.25) is 11.8 Å². The van der Waals surface area contributed by atoms with E-state index >= 15 is 0 Å². The van der Waals surface area contributed by atoms with E-state index in [0.29, 0.717) is 26.1 Å². The molecule has 2 amide bonds. The molecule has 2 rings (SSSR count). The predicted octanol–water partition coefficient (Wildman–Crippen LogP) is -0.914. The number of nitrogens with zero attached hydrogens (tertiary/aromatic N) is 1. The van der Waals surface area contributed by atoms with Gasteiger partial charge in [-0.05, 0) is 12.8 Å². The molecule has 0 bridgehead atoms. The zero-order valence-corrected chi connectivity index (χ0v) is 11.2. The molecular formula is C13H23N3O3. The lowest BCUT2D eigenvalue weighted by atomic mass is 10.1. The van der Waals surface area contributed by atoms with Crippen LogP contribution in [0, 0.1) is 5.92 Å². The number of hydrogen-bond donors (Lipinski definition) is 3. The summed E-state index contributed by atoms with van der Waals surface area (Å²) in [6.07, 6.45) is 3.13. The molecule has 2 heterocycles. The molecule has 2 unspecified atom stereocenters. The van der Waals surface area contributed by atoms with Crippen LogP contribution < -0.4 is 10.6 Å². The van der Waals surface area contributed by atoms with E-state index in [0.717, 1.165) is 25.8 Å². The summed E-state index contributed by atoms with van der Waals surface area (Å²) < 4.78 is 0. The third-order valence-electron chi connectivity index (χ3n) is 3.87. The van der Waals surface area contributed by atoms with Gasteiger partial charge in [-0.1, -0.05) is 6.42 Å². The fourth-order valence-corrected chi connectivity index (χ4v) is 2.61. The van der Waals surface area contributed by atoms with Gasteiger partial charge in [-0.2, -0.15) is 0 Å². The predicted molar refractivity (Wildman–Crippen MR) is 70.4 cm³/mol. The third-order valence-corrected chi connectivity index (χ3v) is 3.87. The molecule has 108 valence electrons. The molecule has 6 nitrogen and oxygen atoms in total. The van der Waals surface area contributed by atoms with Crippen LogP contribution in [0.4, 0.5) is 0 Å². The third kappa shape index (κ3) is 4.18. The van der Waals surface area contributed by atoms with Crippen molar-refractivity contribution >= 4 is 11.8 Å². The highest BCUT2D eigenvalue weighted by molar-refractivity contribution is 5.84. The number of nitrogens with one attached hydrogen (secondary N) is 2. The smallest absolute Gasteiger partial charge is 0.239 e. The minimum atomic E-state index is -0.389. The Labute approximate surface area is 113 Å². The van der Waals surface area contributed by atoms with Crippen molar-refractivity contribution in [2.45, 2.75) is 31.8 Å². The Balaban J connectivity index is 1.72. The molecule has 0 aromatic carbocycles. The van der Waals surface area contributed by atoms with Gasteiger partial charge in [0.1, 0.15) is 0 Å². The maximum Gasteiger partial charge on any atom is 0.239 e.